The fourth-order valence-electron chi connectivity index (χ4n) is 2.02. The van der Waals surface area contributed by atoms with Crippen molar-refractivity contribution in [3.8, 4) is 5.75 Å². The third kappa shape index (κ3) is 4.15. The third-order valence-corrected chi connectivity index (χ3v) is 5.12. The van der Waals surface area contributed by atoms with Gasteiger partial charge >= 0.3 is 0 Å². The molecule has 1 aromatic heterocycles. The van der Waals surface area contributed by atoms with Crippen molar-refractivity contribution in [3.05, 3.63) is 50.6 Å². The molecular formula is C16H18BrNO2S. The summed E-state index contributed by atoms with van der Waals surface area (Å²) in [7, 11) is 3.59. The first-order chi connectivity index (χ1) is 10.0. The lowest BCUT2D eigenvalue weighted by Gasteiger charge is -2.23. The van der Waals surface area contributed by atoms with Gasteiger partial charge in [-0.2, -0.15) is 0 Å². The maximum absolute atomic E-state index is 12.5. The summed E-state index contributed by atoms with van der Waals surface area (Å²) in [6.45, 7) is 2.70. The molecule has 0 spiro atoms. The summed E-state index contributed by atoms with van der Waals surface area (Å²) >= 11 is 5.14. The lowest BCUT2D eigenvalue weighted by Crippen LogP contribution is -2.35. The zero-order valence-electron chi connectivity index (χ0n) is 12.3. The summed E-state index contributed by atoms with van der Waals surface area (Å²) in [5, 5.41) is 2.05. The van der Waals surface area contributed by atoms with E-state index in [4.69, 9.17) is 4.74 Å². The Kier molecular flexibility index (Phi) is 5.56. The molecule has 2 aromatic rings. The maximum Gasteiger partial charge on any atom is 0.179 e. The molecule has 1 heterocycles. The average Bonchev–Trinajstić information content (AvgIpc) is 2.90. The van der Waals surface area contributed by atoms with E-state index in [1.54, 1.807) is 18.4 Å². The van der Waals surface area contributed by atoms with Crippen molar-refractivity contribution < 1.29 is 9.53 Å². The highest BCUT2D eigenvalue weighted by atomic mass is 79.9. The van der Waals surface area contributed by atoms with Crippen LogP contribution in [-0.4, -0.2) is 30.9 Å². The summed E-state index contributed by atoms with van der Waals surface area (Å²) in [6.07, 6.45) is 0. The van der Waals surface area contributed by atoms with Gasteiger partial charge in [-0.3, -0.25) is 9.69 Å². The molecule has 0 aliphatic heterocycles. The van der Waals surface area contributed by atoms with Gasteiger partial charge in [0, 0.05) is 26.8 Å². The van der Waals surface area contributed by atoms with Crippen LogP contribution < -0.4 is 4.74 Å². The zero-order chi connectivity index (χ0) is 15.4. The van der Waals surface area contributed by atoms with E-state index in [9.17, 15) is 4.79 Å². The largest absolute Gasteiger partial charge is 0.497 e. The molecular weight excluding hydrogens is 350 g/mol. The van der Waals surface area contributed by atoms with Crippen molar-refractivity contribution in [2.24, 2.45) is 0 Å². The molecule has 0 amide bonds. The Bertz CT molecular complexity index is 609. The van der Waals surface area contributed by atoms with Gasteiger partial charge in [0.2, 0.25) is 0 Å². The van der Waals surface area contributed by atoms with Gasteiger partial charge in [0.25, 0.3) is 0 Å². The molecule has 0 N–H and O–H groups in total. The van der Waals surface area contributed by atoms with Crippen LogP contribution in [0.2, 0.25) is 0 Å². The van der Waals surface area contributed by atoms with Crippen LogP contribution >= 0.6 is 27.3 Å². The monoisotopic (exact) mass is 367 g/mol. The van der Waals surface area contributed by atoms with Gasteiger partial charge in [-0.05, 0) is 60.2 Å². The summed E-state index contributed by atoms with van der Waals surface area (Å²) in [5.74, 6) is 0.881. The van der Waals surface area contributed by atoms with E-state index in [-0.39, 0.29) is 11.8 Å². The molecule has 5 heteroatoms. The van der Waals surface area contributed by atoms with E-state index < -0.39 is 0 Å². The van der Waals surface area contributed by atoms with Gasteiger partial charge in [-0.15, -0.1) is 11.3 Å². The average molecular weight is 368 g/mol. The van der Waals surface area contributed by atoms with E-state index >= 15 is 0 Å². The molecule has 2 rings (SSSR count). The van der Waals surface area contributed by atoms with E-state index in [0.29, 0.717) is 5.56 Å². The highest BCUT2D eigenvalue weighted by Crippen LogP contribution is 2.22. The molecule has 0 bridgehead atoms. The van der Waals surface area contributed by atoms with Crippen LogP contribution in [0.3, 0.4) is 0 Å². The van der Waals surface area contributed by atoms with Gasteiger partial charge in [-0.25, -0.2) is 0 Å². The number of rotatable bonds is 6. The number of carbonyl (C=O) groups excluding carboxylic acids is 1. The topological polar surface area (TPSA) is 29.5 Å². The number of Topliss-reactive ketones (excluding diaryl/α,β-unsaturated/α-hetero) is 1. The van der Waals surface area contributed by atoms with Crippen LogP contribution in [0.4, 0.5) is 0 Å². The van der Waals surface area contributed by atoms with Crippen molar-refractivity contribution in [3.63, 3.8) is 0 Å². The molecule has 1 atom stereocenters. The number of benzene rings is 1. The van der Waals surface area contributed by atoms with Crippen LogP contribution in [0.5, 0.6) is 5.75 Å². The van der Waals surface area contributed by atoms with Crippen LogP contribution in [0.25, 0.3) is 0 Å². The van der Waals surface area contributed by atoms with E-state index in [2.05, 4.69) is 32.3 Å². The van der Waals surface area contributed by atoms with E-state index in [0.717, 1.165) is 16.8 Å². The van der Waals surface area contributed by atoms with Crippen molar-refractivity contribution >= 4 is 33.0 Å². The summed E-state index contributed by atoms with van der Waals surface area (Å²) in [4.78, 5) is 15.8. The second-order valence-electron chi connectivity index (χ2n) is 4.92. The Morgan fingerprint density at radius 3 is 2.57 bits per heavy atom. The first-order valence-corrected chi connectivity index (χ1v) is 8.30. The van der Waals surface area contributed by atoms with Crippen LogP contribution in [0.1, 0.15) is 22.2 Å². The number of methoxy groups -OCH3 is 1. The number of carbonyl (C=O) groups is 1. The normalized spacial score (nSPS) is 12.4. The van der Waals surface area contributed by atoms with Crippen LogP contribution in [0, 0.1) is 0 Å². The second kappa shape index (κ2) is 7.20. The zero-order valence-corrected chi connectivity index (χ0v) is 14.7. The number of ketones is 1. The SMILES string of the molecule is COc1ccc(C(=O)C(C)N(C)Cc2cc(Br)cs2)cc1. The van der Waals surface area contributed by atoms with Crippen molar-refractivity contribution in [2.75, 3.05) is 14.2 Å². The Balaban J connectivity index is 2.03. The number of ether oxygens (including phenoxy) is 1. The van der Waals surface area contributed by atoms with Crippen molar-refractivity contribution in [2.45, 2.75) is 19.5 Å². The van der Waals surface area contributed by atoms with E-state index in [1.807, 2.05) is 38.2 Å². The second-order valence-corrected chi connectivity index (χ2v) is 6.83. The molecule has 0 aliphatic rings. The van der Waals surface area contributed by atoms with Crippen LogP contribution in [0.15, 0.2) is 40.2 Å². The molecule has 21 heavy (non-hydrogen) atoms. The number of thiophene rings is 1. The summed E-state index contributed by atoms with van der Waals surface area (Å²) < 4.78 is 6.20. The highest BCUT2D eigenvalue weighted by molar-refractivity contribution is 9.10. The first kappa shape index (κ1) is 16.2. The smallest absolute Gasteiger partial charge is 0.179 e. The molecule has 0 aliphatic carbocycles. The molecule has 0 saturated carbocycles. The number of hydrogen-bond acceptors (Lipinski definition) is 4. The molecule has 0 radical (unpaired) electrons. The predicted octanol–water partition coefficient (Wildman–Crippen LogP) is 4.22. The Morgan fingerprint density at radius 1 is 1.38 bits per heavy atom. The minimum absolute atomic E-state index is 0.121. The molecule has 0 fully saturated rings. The number of nitrogens with zero attached hydrogens (tertiary/aromatic N) is 1. The van der Waals surface area contributed by atoms with Gasteiger partial charge in [0.15, 0.2) is 5.78 Å². The predicted molar refractivity (Wildman–Crippen MR) is 90.3 cm³/mol. The van der Waals surface area contributed by atoms with Gasteiger partial charge < -0.3 is 4.74 Å². The minimum atomic E-state index is -0.167. The number of likely N-dealkylation sites (N-methyl/N-ethyl adjacent to an activating group) is 1. The summed E-state index contributed by atoms with van der Waals surface area (Å²) in [6, 6.07) is 9.18. The third-order valence-electron chi connectivity index (χ3n) is 3.44. The Labute approximate surface area is 137 Å². The number of halogens is 1. The molecule has 112 valence electrons. The molecule has 3 nitrogen and oxygen atoms in total. The lowest BCUT2D eigenvalue weighted by atomic mass is 10.0. The molecule has 0 saturated heterocycles. The first-order valence-electron chi connectivity index (χ1n) is 6.62. The summed E-state index contributed by atoms with van der Waals surface area (Å²) in [5.41, 5.74) is 0.711. The maximum atomic E-state index is 12.5. The van der Waals surface area contributed by atoms with Gasteiger partial charge in [0.05, 0.1) is 13.2 Å². The van der Waals surface area contributed by atoms with Crippen molar-refractivity contribution in [1.29, 1.82) is 0 Å². The number of hydrogen-bond donors (Lipinski definition) is 0. The van der Waals surface area contributed by atoms with Crippen LogP contribution in [-0.2, 0) is 6.54 Å². The Hall–Kier alpha value is -1.17. The minimum Gasteiger partial charge on any atom is -0.497 e. The lowest BCUT2D eigenvalue weighted by molar-refractivity contribution is 0.0863. The standard InChI is InChI=1S/C16H18BrNO2S/c1-11(18(2)9-15-8-13(17)10-21-15)16(19)12-4-6-14(20-3)7-5-12/h4-8,10-11H,9H2,1-3H3. The van der Waals surface area contributed by atoms with Gasteiger partial charge in [-0.1, -0.05) is 0 Å². The fourth-order valence-corrected chi connectivity index (χ4v) is 3.53. The fraction of sp³-hybridized carbons (Fsp3) is 0.312. The highest BCUT2D eigenvalue weighted by Gasteiger charge is 2.20. The quantitative estimate of drug-likeness (QED) is 0.715. The molecule has 1 unspecified atom stereocenters. The Morgan fingerprint density at radius 2 is 2.05 bits per heavy atom. The van der Waals surface area contributed by atoms with Gasteiger partial charge in [0.1, 0.15) is 5.75 Å². The van der Waals surface area contributed by atoms with Crippen molar-refractivity contribution in [1.82, 2.24) is 4.90 Å². The molecule has 1 aromatic carbocycles. The van der Waals surface area contributed by atoms with E-state index in [1.165, 1.54) is 4.88 Å².